The van der Waals surface area contributed by atoms with Crippen LogP contribution < -0.4 is 4.74 Å². The molecule has 0 saturated carbocycles. The van der Waals surface area contributed by atoms with Crippen LogP contribution in [-0.4, -0.2) is 17.7 Å². The highest BCUT2D eigenvalue weighted by atomic mass is 16.5. The highest BCUT2D eigenvalue weighted by Crippen LogP contribution is 2.27. The van der Waals surface area contributed by atoms with Crippen LogP contribution in [-0.2, 0) is 17.6 Å². The molecule has 25 heavy (non-hydrogen) atoms. The zero-order valence-electron chi connectivity index (χ0n) is 14.6. The van der Waals surface area contributed by atoms with Gasteiger partial charge in [-0.15, -0.1) is 0 Å². The Labute approximate surface area is 149 Å². The molecule has 3 rings (SSSR count). The number of aliphatic carboxylic acids is 1. The first-order valence-corrected chi connectivity index (χ1v) is 8.97. The van der Waals surface area contributed by atoms with E-state index in [1.807, 2.05) is 36.4 Å². The molecule has 130 valence electrons. The van der Waals surface area contributed by atoms with Crippen LogP contribution in [0.25, 0.3) is 11.6 Å². The Morgan fingerprint density at radius 1 is 1.12 bits per heavy atom. The number of carbonyl (C=O) groups is 1. The van der Waals surface area contributed by atoms with Crippen molar-refractivity contribution in [1.29, 1.82) is 0 Å². The molecule has 0 saturated heterocycles. The van der Waals surface area contributed by atoms with Crippen LogP contribution in [0.2, 0.25) is 0 Å². The Morgan fingerprint density at radius 3 is 2.68 bits per heavy atom. The largest absolute Gasteiger partial charge is 0.494 e. The van der Waals surface area contributed by atoms with E-state index in [2.05, 4.69) is 13.0 Å². The summed E-state index contributed by atoms with van der Waals surface area (Å²) in [6, 6.07) is 13.6. The SMILES string of the molecule is CCCOc1cccc(/C=C(\C(=O)O)c2ccc3c(c2)CCCC3)c1. The van der Waals surface area contributed by atoms with Gasteiger partial charge in [-0.05, 0) is 72.6 Å². The second kappa shape index (κ2) is 8.02. The van der Waals surface area contributed by atoms with Crippen LogP contribution in [0.5, 0.6) is 5.75 Å². The van der Waals surface area contributed by atoms with E-state index in [1.165, 1.54) is 24.0 Å². The summed E-state index contributed by atoms with van der Waals surface area (Å²) < 4.78 is 5.64. The Morgan fingerprint density at radius 2 is 1.92 bits per heavy atom. The van der Waals surface area contributed by atoms with Gasteiger partial charge in [0.2, 0.25) is 0 Å². The van der Waals surface area contributed by atoms with E-state index in [-0.39, 0.29) is 0 Å². The fourth-order valence-electron chi connectivity index (χ4n) is 3.25. The molecule has 1 aliphatic carbocycles. The smallest absolute Gasteiger partial charge is 0.336 e. The Hall–Kier alpha value is -2.55. The number of rotatable bonds is 6. The number of fused-ring (bicyclic) bond motifs is 1. The van der Waals surface area contributed by atoms with Crippen LogP contribution in [0.15, 0.2) is 42.5 Å². The summed E-state index contributed by atoms with van der Waals surface area (Å²) >= 11 is 0. The molecule has 3 nitrogen and oxygen atoms in total. The third-order valence-electron chi connectivity index (χ3n) is 4.53. The molecule has 0 unspecified atom stereocenters. The van der Waals surface area contributed by atoms with Gasteiger partial charge in [-0.1, -0.05) is 37.3 Å². The highest BCUT2D eigenvalue weighted by Gasteiger charge is 2.15. The van der Waals surface area contributed by atoms with E-state index in [0.717, 1.165) is 36.1 Å². The van der Waals surface area contributed by atoms with Crippen LogP contribution >= 0.6 is 0 Å². The maximum atomic E-state index is 11.8. The standard InChI is InChI=1S/C22H24O3/c1-2-12-25-20-9-5-6-16(13-20)14-21(22(23)24)19-11-10-17-7-3-4-8-18(17)15-19/h5-6,9-11,13-15H,2-4,7-8,12H2,1H3,(H,23,24)/b21-14-. The predicted molar refractivity (Wildman–Crippen MR) is 101 cm³/mol. The number of hydrogen-bond acceptors (Lipinski definition) is 2. The number of ether oxygens (including phenoxy) is 1. The minimum absolute atomic E-state index is 0.320. The van der Waals surface area contributed by atoms with Crippen molar-refractivity contribution in [3.8, 4) is 5.75 Å². The lowest BCUT2D eigenvalue weighted by Crippen LogP contribution is -2.05. The highest BCUT2D eigenvalue weighted by molar-refractivity contribution is 6.20. The fraction of sp³-hybridized carbons (Fsp3) is 0.318. The molecule has 0 radical (unpaired) electrons. The summed E-state index contributed by atoms with van der Waals surface area (Å²) in [7, 11) is 0. The number of aryl methyl sites for hydroxylation is 2. The molecule has 0 spiro atoms. The molecule has 1 aliphatic rings. The van der Waals surface area contributed by atoms with Gasteiger partial charge in [-0.3, -0.25) is 0 Å². The third-order valence-corrected chi connectivity index (χ3v) is 4.53. The molecule has 1 N–H and O–H groups in total. The lowest BCUT2D eigenvalue weighted by atomic mass is 9.89. The van der Waals surface area contributed by atoms with Crippen LogP contribution in [0.4, 0.5) is 0 Å². The summed E-state index contributed by atoms with van der Waals surface area (Å²) in [5, 5.41) is 9.70. The monoisotopic (exact) mass is 336 g/mol. The summed E-state index contributed by atoms with van der Waals surface area (Å²) in [4.78, 5) is 11.8. The molecule has 2 aromatic carbocycles. The number of carboxylic acids is 1. The van der Waals surface area contributed by atoms with Gasteiger partial charge in [0.05, 0.1) is 12.2 Å². The molecule has 2 aromatic rings. The van der Waals surface area contributed by atoms with Gasteiger partial charge in [-0.2, -0.15) is 0 Å². The van der Waals surface area contributed by atoms with E-state index in [1.54, 1.807) is 6.08 Å². The molecule has 0 aliphatic heterocycles. The van der Waals surface area contributed by atoms with Crippen molar-refractivity contribution in [3.63, 3.8) is 0 Å². The molecule has 0 amide bonds. The first kappa shape index (κ1) is 17.3. The van der Waals surface area contributed by atoms with E-state index in [9.17, 15) is 9.90 Å². The van der Waals surface area contributed by atoms with Crippen molar-refractivity contribution < 1.29 is 14.6 Å². The van der Waals surface area contributed by atoms with Gasteiger partial charge in [0.25, 0.3) is 0 Å². The maximum absolute atomic E-state index is 11.8. The third kappa shape index (κ3) is 4.30. The molecular weight excluding hydrogens is 312 g/mol. The van der Waals surface area contributed by atoms with Crippen molar-refractivity contribution in [1.82, 2.24) is 0 Å². The zero-order valence-corrected chi connectivity index (χ0v) is 14.6. The summed E-state index contributed by atoms with van der Waals surface area (Å²) in [6.07, 6.45) is 7.20. The van der Waals surface area contributed by atoms with Gasteiger partial charge < -0.3 is 9.84 Å². The van der Waals surface area contributed by atoms with Gasteiger partial charge in [0, 0.05) is 0 Å². The van der Waals surface area contributed by atoms with E-state index < -0.39 is 5.97 Å². The lowest BCUT2D eigenvalue weighted by Gasteiger charge is -2.16. The van der Waals surface area contributed by atoms with Crippen molar-refractivity contribution >= 4 is 17.6 Å². The number of hydrogen-bond donors (Lipinski definition) is 1. The number of benzene rings is 2. The van der Waals surface area contributed by atoms with Gasteiger partial charge in [-0.25, -0.2) is 4.79 Å². The van der Waals surface area contributed by atoms with Crippen molar-refractivity contribution in [3.05, 3.63) is 64.7 Å². The van der Waals surface area contributed by atoms with Crippen LogP contribution in [0.1, 0.15) is 48.4 Å². The lowest BCUT2D eigenvalue weighted by molar-refractivity contribution is -0.130. The van der Waals surface area contributed by atoms with Crippen LogP contribution in [0.3, 0.4) is 0 Å². The molecule has 0 fully saturated rings. The predicted octanol–water partition coefficient (Wildman–Crippen LogP) is 4.98. The molecule has 3 heteroatoms. The summed E-state index contributed by atoms with van der Waals surface area (Å²) in [5.41, 5.74) is 4.57. The van der Waals surface area contributed by atoms with Crippen LogP contribution in [0, 0.1) is 0 Å². The van der Waals surface area contributed by atoms with Gasteiger partial charge in [0.1, 0.15) is 5.75 Å². The Balaban J connectivity index is 1.93. The second-order valence-corrected chi connectivity index (χ2v) is 6.47. The minimum Gasteiger partial charge on any atom is -0.494 e. The van der Waals surface area contributed by atoms with Crippen molar-refractivity contribution in [2.24, 2.45) is 0 Å². The summed E-state index contributed by atoms with van der Waals surface area (Å²) in [5.74, 6) is -0.138. The molecule has 0 atom stereocenters. The van der Waals surface area contributed by atoms with Crippen molar-refractivity contribution in [2.45, 2.75) is 39.0 Å². The number of carboxylic acid groups (broad SMARTS) is 1. The zero-order chi connectivity index (χ0) is 17.6. The average molecular weight is 336 g/mol. The topological polar surface area (TPSA) is 46.5 Å². The molecule has 0 heterocycles. The normalized spacial score (nSPS) is 14.0. The van der Waals surface area contributed by atoms with Gasteiger partial charge in [0.15, 0.2) is 0 Å². The molecular formula is C22H24O3. The Kier molecular flexibility index (Phi) is 5.54. The van der Waals surface area contributed by atoms with E-state index in [0.29, 0.717) is 12.2 Å². The van der Waals surface area contributed by atoms with E-state index in [4.69, 9.17) is 4.74 Å². The molecule has 0 aromatic heterocycles. The Bertz CT molecular complexity index is 790. The first-order chi connectivity index (χ1) is 12.2. The molecule has 0 bridgehead atoms. The maximum Gasteiger partial charge on any atom is 0.336 e. The quantitative estimate of drug-likeness (QED) is 0.598. The van der Waals surface area contributed by atoms with Gasteiger partial charge >= 0.3 is 5.97 Å². The fourth-order valence-corrected chi connectivity index (χ4v) is 3.25. The van der Waals surface area contributed by atoms with E-state index >= 15 is 0 Å². The first-order valence-electron chi connectivity index (χ1n) is 8.97. The summed E-state index contributed by atoms with van der Waals surface area (Å²) in [6.45, 7) is 2.71. The van der Waals surface area contributed by atoms with Crippen molar-refractivity contribution in [2.75, 3.05) is 6.61 Å². The minimum atomic E-state index is -0.907. The second-order valence-electron chi connectivity index (χ2n) is 6.47. The average Bonchev–Trinajstić information content (AvgIpc) is 2.64.